The summed E-state index contributed by atoms with van der Waals surface area (Å²) in [5.74, 6) is -0.0249. The van der Waals surface area contributed by atoms with Crippen LogP contribution in [0.1, 0.15) is 13.3 Å². The molecule has 0 amide bonds. The second-order valence-electron chi connectivity index (χ2n) is 4.00. The predicted molar refractivity (Wildman–Crippen MR) is 71.1 cm³/mol. The van der Waals surface area contributed by atoms with E-state index in [1.165, 1.54) is 19.2 Å². The fourth-order valence-corrected chi connectivity index (χ4v) is 2.85. The summed E-state index contributed by atoms with van der Waals surface area (Å²) in [7, 11) is -2.68. The molecular formula is C11H16N2O6S. The zero-order valence-electron chi connectivity index (χ0n) is 11.1. The number of aliphatic hydroxyl groups is 1. The summed E-state index contributed by atoms with van der Waals surface area (Å²) < 4.78 is 31.2. The van der Waals surface area contributed by atoms with E-state index in [1.54, 1.807) is 6.92 Å². The normalized spacial score (nSPS) is 12.9. The molecule has 0 fully saturated rings. The van der Waals surface area contributed by atoms with Crippen molar-refractivity contribution in [3.63, 3.8) is 0 Å². The van der Waals surface area contributed by atoms with Crippen molar-refractivity contribution in [3.05, 3.63) is 28.3 Å². The number of nitro groups is 1. The van der Waals surface area contributed by atoms with Crippen molar-refractivity contribution in [1.29, 1.82) is 0 Å². The summed E-state index contributed by atoms with van der Waals surface area (Å²) in [6, 6.07) is 2.71. The van der Waals surface area contributed by atoms with Crippen LogP contribution in [0.5, 0.6) is 5.75 Å². The molecule has 0 heterocycles. The molecule has 112 valence electrons. The summed E-state index contributed by atoms with van der Waals surface area (Å²) in [6.45, 7) is 1.36. The topological polar surface area (TPSA) is 119 Å². The Morgan fingerprint density at radius 2 is 2.15 bits per heavy atom. The van der Waals surface area contributed by atoms with E-state index < -0.39 is 26.7 Å². The van der Waals surface area contributed by atoms with Crippen molar-refractivity contribution in [2.24, 2.45) is 0 Å². The molecule has 0 aliphatic rings. The lowest BCUT2D eigenvalue weighted by atomic mass is 10.3. The summed E-state index contributed by atoms with van der Waals surface area (Å²) in [6.07, 6.45) is 0.397. The number of aliphatic hydroxyl groups excluding tert-OH is 1. The van der Waals surface area contributed by atoms with Crippen LogP contribution >= 0.6 is 0 Å². The average Bonchev–Trinajstić information content (AvgIpc) is 2.43. The highest BCUT2D eigenvalue weighted by atomic mass is 32.2. The zero-order chi connectivity index (χ0) is 15.3. The number of rotatable bonds is 7. The molecule has 8 nitrogen and oxygen atoms in total. The van der Waals surface area contributed by atoms with Crippen molar-refractivity contribution >= 4 is 15.7 Å². The Balaban J connectivity index is 3.19. The van der Waals surface area contributed by atoms with Crippen LogP contribution in [0.4, 0.5) is 5.69 Å². The third kappa shape index (κ3) is 3.65. The number of hydrogen-bond acceptors (Lipinski definition) is 6. The fourth-order valence-electron chi connectivity index (χ4n) is 1.52. The lowest BCUT2D eigenvalue weighted by Gasteiger charge is -2.14. The number of benzene rings is 1. The van der Waals surface area contributed by atoms with Gasteiger partial charge in [0.2, 0.25) is 10.0 Å². The monoisotopic (exact) mass is 304 g/mol. The highest BCUT2D eigenvalue weighted by Crippen LogP contribution is 2.29. The van der Waals surface area contributed by atoms with Gasteiger partial charge in [-0.1, -0.05) is 6.92 Å². The van der Waals surface area contributed by atoms with E-state index in [1.807, 2.05) is 0 Å². The molecule has 1 rings (SSSR count). The Bertz CT molecular complexity index is 583. The van der Waals surface area contributed by atoms with Gasteiger partial charge in [-0.15, -0.1) is 0 Å². The van der Waals surface area contributed by atoms with Gasteiger partial charge in [0.05, 0.1) is 23.5 Å². The van der Waals surface area contributed by atoms with Crippen LogP contribution in [-0.4, -0.2) is 38.2 Å². The first-order valence-electron chi connectivity index (χ1n) is 5.81. The Labute approximate surface area is 116 Å². The van der Waals surface area contributed by atoms with Gasteiger partial charge in [0, 0.05) is 12.1 Å². The molecular weight excluding hydrogens is 288 g/mol. The van der Waals surface area contributed by atoms with Crippen molar-refractivity contribution in [2.75, 3.05) is 13.7 Å². The molecule has 0 aliphatic heterocycles. The molecule has 0 saturated heterocycles. The summed E-state index contributed by atoms with van der Waals surface area (Å²) >= 11 is 0. The molecule has 1 aromatic rings. The van der Waals surface area contributed by atoms with Crippen molar-refractivity contribution < 1.29 is 23.2 Å². The standard InChI is InChI=1S/C11H16N2O6S/c1-3-8(7-14)12-20(17,18)9-4-5-11(19-2)10(6-9)13(15)16/h4-6,8,12,14H,3,7H2,1-2H3. The van der Waals surface area contributed by atoms with E-state index >= 15 is 0 Å². The first-order chi connectivity index (χ1) is 9.35. The molecule has 1 aromatic carbocycles. The second kappa shape index (κ2) is 6.64. The number of nitrogens with zero attached hydrogens (tertiary/aromatic N) is 1. The molecule has 0 aromatic heterocycles. The largest absolute Gasteiger partial charge is 0.490 e. The van der Waals surface area contributed by atoms with E-state index in [2.05, 4.69) is 4.72 Å². The minimum absolute atomic E-state index is 0.0249. The molecule has 2 N–H and O–H groups in total. The maximum atomic E-state index is 12.0. The molecule has 0 spiro atoms. The Kier molecular flexibility index (Phi) is 5.43. The SMILES string of the molecule is CCC(CO)NS(=O)(=O)c1ccc(OC)c([N+](=O)[O-])c1. The van der Waals surface area contributed by atoms with Crippen LogP contribution in [0, 0.1) is 10.1 Å². The minimum Gasteiger partial charge on any atom is -0.490 e. The van der Waals surface area contributed by atoms with Crippen molar-refractivity contribution in [3.8, 4) is 5.75 Å². The van der Waals surface area contributed by atoms with Crippen molar-refractivity contribution in [2.45, 2.75) is 24.3 Å². The number of methoxy groups -OCH3 is 1. The van der Waals surface area contributed by atoms with Gasteiger partial charge >= 0.3 is 5.69 Å². The maximum Gasteiger partial charge on any atom is 0.312 e. The van der Waals surface area contributed by atoms with Crippen LogP contribution in [0.15, 0.2) is 23.1 Å². The second-order valence-corrected chi connectivity index (χ2v) is 5.71. The highest BCUT2D eigenvalue weighted by Gasteiger charge is 2.23. The number of ether oxygens (including phenoxy) is 1. The predicted octanol–water partition coefficient (Wildman–Crippen LogP) is 0.653. The minimum atomic E-state index is -3.93. The summed E-state index contributed by atoms with van der Waals surface area (Å²) in [5.41, 5.74) is -0.438. The highest BCUT2D eigenvalue weighted by molar-refractivity contribution is 7.89. The summed E-state index contributed by atoms with van der Waals surface area (Å²) in [4.78, 5) is 9.89. The quantitative estimate of drug-likeness (QED) is 0.564. The summed E-state index contributed by atoms with van der Waals surface area (Å²) in [5, 5.41) is 19.9. The molecule has 1 atom stereocenters. The molecule has 0 aliphatic carbocycles. The fraction of sp³-hybridized carbons (Fsp3) is 0.455. The van der Waals surface area contributed by atoms with Crippen molar-refractivity contribution in [1.82, 2.24) is 4.72 Å². The van der Waals surface area contributed by atoms with Gasteiger partial charge in [-0.05, 0) is 18.6 Å². The molecule has 9 heteroatoms. The number of hydrogen-bond donors (Lipinski definition) is 2. The number of nitrogens with one attached hydrogen (secondary N) is 1. The van der Waals surface area contributed by atoms with E-state index in [9.17, 15) is 18.5 Å². The average molecular weight is 304 g/mol. The zero-order valence-corrected chi connectivity index (χ0v) is 11.9. The van der Waals surface area contributed by atoms with Crippen LogP contribution < -0.4 is 9.46 Å². The van der Waals surface area contributed by atoms with Crippen LogP contribution in [0.25, 0.3) is 0 Å². The van der Waals surface area contributed by atoms with Gasteiger partial charge in [0.25, 0.3) is 0 Å². The van der Waals surface area contributed by atoms with Crippen LogP contribution in [-0.2, 0) is 10.0 Å². The third-order valence-corrected chi connectivity index (χ3v) is 4.21. The molecule has 0 saturated carbocycles. The van der Waals surface area contributed by atoms with Gasteiger partial charge in [-0.3, -0.25) is 10.1 Å². The molecule has 20 heavy (non-hydrogen) atoms. The smallest absolute Gasteiger partial charge is 0.312 e. The Morgan fingerprint density at radius 3 is 2.60 bits per heavy atom. The first kappa shape index (κ1) is 16.3. The first-order valence-corrected chi connectivity index (χ1v) is 7.29. The molecule has 0 radical (unpaired) electrons. The molecule has 0 bridgehead atoms. The number of sulfonamides is 1. The maximum absolute atomic E-state index is 12.0. The van der Waals surface area contributed by atoms with E-state index in [0.717, 1.165) is 6.07 Å². The van der Waals surface area contributed by atoms with Crippen LogP contribution in [0.2, 0.25) is 0 Å². The van der Waals surface area contributed by atoms with Gasteiger partial charge in [0.15, 0.2) is 5.75 Å². The Morgan fingerprint density at radius 1 is 1.50 bits per heavy atom. The van der Waals surface area contributed by atoms with E-state index in [0.29, 0.717) is 6.42 Å². The van der Waals surface area contributed by atoms with E-state index in [-0.39, 0.29) is 17.3 Å². The lowest BCUT2D eigenvalue weighted by molar-refractivity contribution is -0.386. The molecule has 1 unspecified atom stereocenters. The number of nitro benzene ring substituents is 1. The van der Waals surface area contributed by atoms with Crippen LogP contribution in [0.3, 0.4) is 0 Å². The van der Waals surface area contributed by atoms with Gasteiger partial charge in [-0.2, -0.15) is 0 Å². The van der Waals surface area contributed by atoms with Gasteiger partial charge in [0.1, 0.15) is 0 Å². The van der Waals surface area contributed by atoms with Gasteiger partial charge in [-0.25, -0.2) is 13.1 Å². The van der Waals surface area contributed by atoms with E-state index in [4.69, 9.17) is 9.84 Å². The Hall–Kier alpha value is -1.71. The van der Waals surface area contributed by atoms with Gasteiger partial charge < -0.3 is 9.84 Å². The third-order valence-electron chi connectivity index (χ3n) is 2.69. The lowest BCUT2D eigenvalue weighted by Crippen LogP contribution is -2.36.